The molecule has 0 fully saturated rings. The zero-order chi connectivity index (χ0) is 21.2. The zero-order valence-electron chi connectivity index (χ0n) is 15.1. The standard InChI is InChI=1S/C17H14F3N5O4/c1-9-22-16-21-6-5-12(25(16)24-9)14(26)23-11-4-3-10(15(27)28-2)7-13(11)29-8-17(18,19)20/h3-7H,8H2,1-2H3,(H,23,26). The van der Waals surface area contributed by atoms with Crippen LogP contribution >= 0.6 is 0 Å². The van der Waals surface area contributed by atoms with Crippen LogP contribution in [0.5, 0.6) is 5.75 Å². The Balaban J connectivity index is 1.93. The number of carbonyl (C=O) groups is 2. The molecule has 0 atom stereocenters. The third-order valence-corrected chi connectivity index (χ3v) is 3.62. The van der Waals surface area contributed by atoms with E-state index in [4.69, 9.17) is 4.74 Å². The number of methoxy groups -OCH3 is 1. The fourth-order valence-electron chi connectivity index (χ4n) is 2.40. The highest BCUT2D eigenvalue weighted by Crippen LogP contribution is 2.29. The van der Waals surface area contributed by atoms with E-state index in [0.717, 1.165) is 13.2 Å². The van der Waals surface area contributed by atoms with Crippen LogP contribution in [-0.2, 0) is 4.74 Å². The van der Waals surface area contributed by atoms with Crippen molar-refractivity contribution in [2.75, 3.05) is 19.0 Å². The summed E-state index contributed by atoms with van der Waals surface area (Å²) >= 11 is 0. The Hall–Kier alpha value is -3.70. The predicted molar refractivity (Wildman–Crippen MR) is 92.8 cm³/mol. The maximum Gasteiger partial charge on any atom is 0.422 e. The van der Waals surface area contributed by atoms with Crippen molar-refractivity contribution >= 4 is 23.3 Å². The van der Waals surface area contributed by atoms with Crippen LogP contribution in [0.3, 0.4) is 0 Å². The van der Waals surface area contributed by atoms with Crippen molar-refractivity contribution in [2.45, 2.75) is 13.1 Å². The molecule has 0 unspecified atom stereocenters. The molecule has 3 aromatic rings. The lowest BCUT2D eigenvalue weighted by Gasteiger charge is -2.15. The number of nitrogens with zero attached hydrogens (tertiary/aromatic N) is 4. The highest BCUT2D eigenvalue weighted by molar-refractivity contribution is 6.04. The number of fused-ring (bicyclic) bond motifs is 1. The van der Waals surface area contributed by atoms with Gasteiger partial charge >= 0.3 is 12.1 Å². The molecule has 29 heavy (non-hydrogen) atoms. The summed E-state index contributed by atoms with van der Waals surface area (Å²) in [6.45, 7) is 0.00720. The number of amides is 1. The molecule has 2 heterocycles. The molecular weight excluding hydrogens is 395 g/mol. The SMILES string of the molecule is COC(=O)c1ccc(NC(=O)c2ccnc3nc(C)nn23)c(OCC(F)(F)F)c1. The van der Waals surface area contributed by atoms with E-state index in [-0.39, 0.29) is 28.5 Å². The molecule has 0 aliphatic carbocycles. The smallest absolute Gasteiger partial charge is 0.422 e. The van der Waals surface area contributed by atoms with Crippen LogP contribution in [0.2, 0.25) is 0 Å². The van der Waals surface area contributed by atoms with E-state index in [2.05, 4.69) is 25.1 Å². The lowest BCUT2D eigenvalue weighted by molar-refractivity contribution is -0.153. The van der Waals surface area contributed by atoms with E-state index in [9.17, 15) is 22.8 Å². The predicted octanol–water partition coefficient (Wildman–Crippen LogP) is 2.41. The summed E-state index contributed by atoms with van der Waals surface area (Å²) in [5.41, 5.74) is -0.0657. The topological polar surface area (TPSA) is 108 Å². The van der Waals surface area contributed by atoms with Crippen molar-refractivity contribution in [1.29, 1.82) is 0 Å². The Labute approximate surface area is 161 Å². The molecule has 1 N–H and O–H groups in total. The minimum atomic E-state index is -4.61. The number of halogens is 3. The summed E-state index contributed by atoms with van der Waals surface area (Å²) in [6.07, 6.45) is -3.27. The summed E-state index contributed by atoms with van der Waals surface area (Å²) in [5, 5.41) is 6.51. The average Bonchev–Trinajstić information content (AvgIpc) is 3.05. The average molecular weight is 409 g/mol. The minimum Gasteiger partial charge on any atom is -0.482 e. The van der Waals surface area contributed by atoms with Crippen LogP contribution in [0.25, 0.3) is 5.78 Å². The Morgan fingerprint density at radius 1 is 1.24 bits per heavy atom. The first kappa shape index (κ1) is 20.0. The van der Waals surface area contributed by atoms with E-state index in [1.165, 1.54) is 28.9 Å². The summed E-state index contributed by atoms with van der Waals surface area (Å²) in [5.74, 6) is -1.24. The van der Waals surface area contributed by atoms with Gasteiger partial charge in [-0.15, -0.1) is 5.10 Å². The van der Waals surface area contributed by atoms with E-state index < -0.39 is 24.7 Å². The second-order valence-electron chi connectivity index (χ2n) is 5.76. The number of ether oxygens (including phenoxy) is 2. The van der Waals surface area contributed by atoms with Gasteiger partial charge in [0.05, 0.1) is 18.4 Å². The molecule has 0 saturated heterocycles. The molecule has 0 aliphatic heterocycles. The largest absolute Gasteiger partial charge is 0.482 e. The summed E-state index contributed by atoms with van der Waals surface area (Å²) < 4.78 is 48.2. The van der Waals surface area contributed by atoms with E-state index in [0.29, 0.717) is 5.82 Å². The molecule has 0 spiro atoms. The Morgan fingerprint density at radius 2 is 2.00 bits per heavy atom. The number of aromatic nitrogens is 4. The van der Waals surface area contributed by atoms with Crippen LogP contribution in [0.1, 0.15) is 26.7 Å². The molecule has 2 aromatic heterocycles. The van der Waals surface area contributed by atoms with Gasteiger partial charge in [-0.3, -0.25) is 4.79 Å². The first-order chi connectivity index (χ1) is 13.7. The number of anilines is 1. The second-order valence-corrected chi connectivity index (χ2v) is 5.76. The Bertz CT molecular complexity index is 1080. The number of benzene rings is 1. The molecule has 3 rings (SSSR count). The maximum atomic E-state index is 12.7. The van der Waals surface area contributed by atoms with Gasteiger partial charge in [-0.05, 0) is 31.2 Å². The molecule has 0 radical (unpaired) electrons. The van der Waals surface area contributed by atoms with Gasteiger partial charge < -0.3 is 14.8 Å². The van der Waals surface area contributed by atoms with Crippen molar-refractivity contribution < 1.29 is 32.2 Å². The zero-order valence-corrected chi connectivity index (χ0v) is 15.1. The molecular formula is C17H14F3N5O4. The van der Waals surface area contributed by atoms with Crippen molar-refractivity contribution in [3.8, 4) is 5.75 Å². The van der Waals surface area contributed by atoms with Crippen molar-refractivity contribution in [2.24, 2.45) is 0 Å². The van der Waals surface area contributed by atoms with E-state index in [1.54, 1.807) is 6.92 Å². The summed E-state index contributed by atoms with van der Waals surface area (Å²) in [4.78, 5) is 32.3. The lowest BCUT2D eigenvalue weighted by atomic mass is 10.2. The fourth-order valence-corrected chi connectivity index (χ4v) is 2.40. The van der Waals surface area contributed by atoms with Crippen molar-refractivity contribution in [3.63, 3.8) is 0 Å². The number of hydrogen-bond donors (Lipinski definition) is 1. The number of rotatable bonds is 5. The quantitative estimate of drug-likeness (QED) is 0.645. The van der Waals surface area contributed by atoms with Gasteiger partial charge in [0, 0.05) is 6.20 Å². The van der Waals surface area contributed by atoms with Crippen molar-refractivity contribution in [3.05, 3.63) is 47.5 Å². The molecule has 12 heteroatoms. The molecule has 152 valence electrons. The maximum absolute atomic E-state index is 12.7. The van der Waals surface area contributed by atoms with Crippen molar-refractivity contribution in [1.82, 2.24) is 19.6 Å². The molecule has 0 saturated carbocycles. The van der Waals surface area contributed by atoms with Gasteiger partial charge in [0.15, 0.2) is 6.61 Å². The van der Waals surface area contributed by atoms with Gasteiger partial charge in [0.2, 0.25) is 0 Å². The van der Waals surface area contributed by atoms with Crippen LogP contribution in [-0.4, -0.2) is 51.4 Å². The number of aryl methyl sites for hydroxylation is 1. The molecule has 0 aliphatic rings. The Kier molecular flexibility index (Phi) is 5.35. The first-order valence-corrected chi connectivity index (χ1v) is 8.09. The minimum absolute atomic E-state index is 0.0409. The van der Waals surface area contributed by atoms with Crippen LogP contribution < -0.4 is 10.1 Å². The summed E-state index contributed by atoms with van der Waals surface area (Å²) in [6, 6.07) is 4.94. The van der Waals surface area contributed by atoms with Crippen LogP contribution in [0.15, 0.2) is 30.5 Å². The van der Waals surface area contributed by atoms with Gasteiger partial charge in [-0.2, -0.15) is 22.7 Å². The first-order valence-electron chi connectivity index (χ1n) is 8.09. The van der Waals surface area contributed by atoms with Gasteiger partial charge in [0.1, 0.15) is 17.3 Å². The molecule has 0 bridgehead atoms. The monoisotopic (exact) mass is 409 g/mol. The van der Waals surface area contributed by atoms with E-state index >= 15 is 0 Å². The molecule has 1 amide bonds. The van der Waals surface area contributed by atoms with Gasteiger partial charge in [-0.25, -0.2) is 9.78 Å². The van der Waals surface area contributed by atoms with Gasteiger partial charge in [0.25, 0.3) is 11.7 Å². The third-order valence-electron chi connectivity index (χ3n) is 3.62. The number of esters is 1. The molecule has 9 nitrogen and oxygen atoms in total. The number of carbonyl (C=O) groups excluding carboxylic acids is 2. The second kappa shape index (κ2) is 7.73. The van der Waals surface area contributed by atoms with E-state index in [1.807, 2.05) is 0 Å². The normalized spacial score (nSPS) is 11.3. The summed E-state index contributed by atoms with van der Waals surface area (Å²) in [7, 11) is 1.13. The fraction of sp³-hybridized carbons (Fsp3) is 0.235. The van der Waals surface area contributed by atoms with Crippen LogP contribution in [0, 0.1) is 6.92 Å². The number of alkyl halides is 3. The Morgan fingerprint density at radius 3 is 2.69 bits per heavy atom. The highest BCUT2D eigenvalue weighted by Gasteiger charge is 2.29. The highest BCUT2D eigenvalue weighted by atomic mass is 19.4. The lowest BCUT2D eigenvalue weighted by Crippen LogP contribution is -2.21. The molecule has 1 aromatic carbocycles. The number of nitrogens with one attached hydrogen (secondary N) is 1. The number of hydrogen-bond acceptors (Lipinski definition) is 7. The van der Waals surface area contributed by atoms with Crippen LogP contribution in [0.4, 0.5) is 18.9 Å². The third kappa shape index (κ3) is 4.59. The van der Waals surface area contributed by atoms with Gasteiger partial charge in [-0.1, -0.05) is 0 Å².